The van der Waals surface area contributed by atoms with Crippen molar-refractivity contribution in [2.24, 2.45) is 5.10 Å². The molecule has 1 aromatic heterocycles. The summed E-state index contributed by atoms with van der Waals surface area (Å²) in [6.07, 6.45) is 0. The lowest BCUT2D eigenvalue weighted by molar-refractivity contribution is 0.0953. The molecule has 0 spiro atoms. The average Bonchev–Trinajstić information content (AvgIpc) is 2.96. The average molecular weight is 346 g/mol. The molecule has 134 valence electrons. The number of rotatable bonds is 6. The summed E-state index contributed by atoms with van der Waals surface area (Å²) in [5.74, 6) is 2.41. The molecule has 0 bridgehead atoms. The number of nitrogens with one attached hydrogen (secondary N) is 1. The number of nitrogens with zero attached hydrogens (tertiary/aromatic N) is 1. The van der Waals surface area contributed by atoms with Crippen LogP contribution in [0.5, 0.6) is 17.2 Å². The Bertz CT molecular complexity index is 783. The number of hydrogen-bond donors (Lipinski definition) is 1. The van der Waals surface area contributed by atoms with E-state index in [1.54, 1.807) is 53.2 Å². The van der Waals surface area contributed by atoms with Gasteiger partial charge in [0.25, 0.3) is 5.91 Å². The quantitative estimate of drug-likeness (QED) is 0.642. The lowest BCUT2D eigenvalue weighted by Crippen LogP contribution is -2.19. The summed E-state index contributed by atoms with van der Waals surface area (Å²) in [6, 6.07) is 5.20. The number of amides is 1. The van der Waals surface area contributed by atoms with Crippen LogP contribution in [-0.4, -0.2) is 32.9 Å². The van der Waals surface area contributed by atoms with Crippen LogP contribution >= 0.6 is 0 Å². The van der Waals surface area contributed by atoms with E-state index in [0.29, 0.717) is 40.0 Å². The van der Waals surface area contributed by atoms with Gasteiger partial charge in [-0.3, -0.25) is 4.79 Å². The summed E-state index contributed by atoms with van der Waals surface area (Å²) in [5.41, 5.74) is 4.31. The molecule has 1 N–H and O–H groups in total. The maximum Gasteiger partial charge on any atom is 0.274 e. The monoisotopic (exact) mass is 346 g/mol. The second-order valence-corrected chi connectivity index (χ2v) is 5.38. The third-order valence-electron chi connectivity index (χ3n) is 3.69. The van der Waals surface area contributed by atoms with Gasteiger partial charge in [0.05, 0.1) is 32.6 Å². The smallest absolute Gasteiger partial charge is 0.274 e. The summed E-state index contributed by atoms with van der Waals surface area (Å²) in [6.45, 7) is 5.29. The number of carbonyl (C=O) groups is 1. The predicted molar refractivity (Wildman–Crippen MR) is 94.0 cm³/mol. The van der Waals surface area contributed by atoms with E-state index >= 15 is 0 Å². The third-order valence-corrected chi connectivity index (χ3v) is 3.69. The van der Waals surface area contributed by atoms with Crippen molar-refractivity contribution in [3.8, 4) is 17.2 Å². The molecule has 0 aliphatic heterocycles. The molecule has 1 heterocycles. The number of furan rings is 1. The molecule has 1 amide bonds. The van der Waals surface area contributed by atoms with E-state index in [1.807, 2.05) is 0 Å². The fourth-order valence-electron chi connectivity index (χ4n) is 2.41. The van der Waals surface area contributed by atoms with E-state index in [-0.39, 0.29) is 5.91 Å². The first kappa shape index (κ1) is 18.4. The van der Waals surface area contributed by atoms with Crippen molar-refractivity contribution in [2.75, 3.05) is 21.3 Å². The van der Waals surface area contributed by atoms with Crippen LogP contribution in [0.1, 0.15) is 34.4 Å². The molecule has 0 aliphatic rings. The molecule has 0 fully saturated rings. The van der Waals surface area contributed by atoms with Crippen LogP contribution in [0.3, 0.4) is 0 Å². The van der Waals surface area contributed by atoms with Crippen LogP contribution in [-0.2, 0) is 0 Å². The van der Waals surface area contributed by atoms with Crippen molar-refractivity contribution in [1.29, 1.82) is 0 Å². The number of carbonyl (C=O) groups excluding carboxylic acids is 1. The zero-order valence-corrected chi connectivity index (χ0v) is 15.2. The van der Waals surface area contributed by atoms with Gasteiger partial charge in [-0.05, 0) is 39.0 Å². The second-order valence-electron chi connectivity index (χ2n) is 5.38. The maximum absolute atomic E-state index is 12.2. The number of hydrogen-bond acceptors (Lipinski definition) is 6. The zero-order valence-electron chi connectivity index (χ0n) is 15.2. The Morgan fingerprint density at radius 1 is 1.04 bits per heavy atom. The molecule has 0 aliphatic carbocycles. The highest BCUT2D eigenvalue weighted by Crippen LogP contribution is 2.38. The fourth-order valence-corrected chi connectivity index (χ4v) is 2.41. The Hall–Kier alpha value is -2.96. The number of hydrazone groups is 1. The highest BCUT2D eigenvalue weighted by Gasteiger charge is 2.16. The van der Waals surface area contributed by atoms with E-state index in [9.17, 15) is 4.79 Å². The first-order chi connectivity index (χ1) is 11.9. The van der Waals surface area contributed by atoms with Crippen molar-refractivity contribution in [3.05, 3.63) is 40.8 Å². The highest BCUT2D eigenvalue weighted by molar-refractivity contribution is 6.02. The molecular weight excluding hydrogens is 324 g/mol. The van der Waals surface area contributed by atoms with Crippen LogP contribution in [0.4, 0.5) is 0 Å². The topological polar surface area (TPSA) is 82.3 Å². The van der Waals surface area contributed by atoms with Crippen LogP contribution in [0.25, 0.3) is 0 Å². The second kappa shape index (κ2) is 7.74. The molecular formula is C18H22N2O5. The standard InChI is InChI=1S/C18H22N2O5/c1-10-7-14(12(3)25-10)18(21)20-19-11(2)13-8-15(22-4)17(24-6)16(9-13)23-5/h7-9H,1-6H3,(H,20,21). The minimum atomic E-state index is -0.332. The van der Waals surface area contributed by atoms with E-state index in [4.69, 9.17) is 18.6 Å². The molecule has 2 rings (SSSR count). The molecule has 7 heteroatoms. The van der Waals surface area contributed by atoms with E-state index in [2.05, 4.69) is 10.5 Å². The van der Waals surface area contributed by atoms with Gasteiger partial charge in [0.2, 0.25) is 5.75 Å². The summed E-state index contributed by atoms with van der Waals surface area (Å²) in [7, 11) is 4.62. The maximum atomic E-state index is 12.2. The first-order valence-electron chi connectivity index (χ1n) is 7.63. The Morgan fingerprint density at radius 2 is 1.64 bits per heavy atom. The summed E-state index contributed by atoms with van der Waals surface area (Å²) >= 11 is 0. The van der Waals surface area contributed by atoms with Gasteiger partial charge in [0.1, 0.15) is 11.5 Å². The summed E-state index contributed by atoms with van der Waals surface area (Å²) < 4.78 is 21.3. The molecule has 0 unspecified atom stereocenters. The van der Waals surface area contributed by atoms with Crippen molar-refractivity contribution >= 4 is 11.6 Å². The fraction of sp³-hybridized carbons (Fsp3) is 0.333. The van der Waals surface area contributed by atoms with Crippen molar-refractivity contribution in [2.45, 2.75) is 20.8 Å². The van der Waals surface area contributed by atoms with Gasteiger partial charge < -0.3 is 18.6 Å². The van der Waals surface area contributed by atoms with Crippen molar-refractivity contribution in [1.82, 2.24) is 5.43 Å². The minimum absolute atomic E-state index is 0.332. The van der Waals surface area contributed by atoms with Crippen molar-refractivity contribution < 1.29 is 23.4 Å². The zero-order chi connectivity index (χ0) is 18.6. The van der Waals surface area contributed by atoms with Gasteiger partial charge >= 0.3 is 0 Å². The van der Waals surface area contributed by atoms with Crippen LogP contribution < -0.4 is 19.6 Å². The third kappa shape index (κ3) is 3.93. The Morgan fingerprint density at radius 3 is 2.08 bits per heavy atom. The molecule has 1 aromatic carbocycles. The summed E-state index contributed by atoms with van der Waals surface area (Å²) in [5, 5.41) is 4.15. The Balaban J connectivity index is 2.27. The number of aryl methyl sites for hydroxylation is 2. The molecule has 2 aromatic rings. The molecule has 25 heavy (non-hydrogen) atoms. The normalized spacial score (nSPS) is 11.2. The van der Waals surface area contributed by atoms with Gasteiger partial charge in [-0.2, -0.15) is 5.10 Å². The summed E-state index contributed by atoms with van der Waals surface area (Å²) in [4.78, 5) is 12.2. The van der Waals surface area contributed by atoms with E-state index in [0.717, 1.165) is 5.56 Å². The SMILES string of the molecule is COc1cc(C(C)=NNC(=O)c2cc(C)oc2C)cc(OC)c1OC. The molecule has 7 nitrogen and oxygen atoms in total. The number of ether oxygens (including phenoxy) is 3. The van der Waals surface area contributed by atoms with Gasteiger partial charge in [0, 0.05) is 5.56 Å². The van der Waals surface area contributed by atoms with E-state index in [1.165, 1.54) is 7.11 Å². The first-order valence-corrected chi connectivity index (χ1v) is 7.63. The highest BCUT2D eigenvalue weighted by atomic mass is 16.5. The van der Waals surface area contributed by atoms with Crippen molar-refractivity contribution in [3.63, 3.8) is 0 Å². The van der Waals surface area contributed by atoms with Gasteiger partial charge in [0.15, 0.2) is 11.5 Å². The van der Waals surface area contributed by atoms with Gasteiger partial charge in [-0.25, -0.2) is 5.43 Å². The lowest BCUT2D eigenvalue weighted by atomic mass is 10.1. The molecule has 0 saturated heterocycles. The minimum Gasteiger partial charge on any atom is -0.493 e. The predicted octanol–water partition coefficient (Wildman–Crippen LogP) is 3.08. The van der Waals surface area contributed by atoms with Crippen LogP contribution in [0, 0.1) is 13.8 Å². The molecule has 0 atom stereocenters. The molecule has 0 saturated carbocycles. The Labute approximate surface area is 146 Å². The molecule has 0 radical (unpaired) electrons. The Kier molecular flexibility index (Phi) is 5.69. The largest absolute Gasteiger partial charge is 0.493 e. The van der Waals surface area contributed by atoms with Crippen LogP contribution in [0.15, 0.2) is 27.7 Å². The number of benzene rings is 1. The number of methoxy groups -OCH3 is 3. The van der Waals surface area contributed by atoms with Crippen LogP contribution in [0.2, 0.25) is 0 Å². The lowest BCUT2D eigenvalue weighted by Gasteiger charge is -2.14. The van der Waals surface area contributed by atoms with E-state index < -0.39 is 0 Å². The van der Waals surface area contributed by atoms with Gasteiger partial charge in [-0.1, -0.05) is 0 Å². The van der Waals surface area contributed by atoms with Gasteiger partial charge in [-0.15, -0.1) is 0 Å².